The molecule has 2 aliphatic rings. The molecule has 0 atom stereocenters. The minimum Gasteiger partial charge on any atom is -0.508 e. The Bertz CT molecular complexity index is 751. The molecule has 0 fully saturated rings. The third-order valence-electron chi connectivity index (χ3n) is 4.50. The van der Waals surface area contributed by atoms with Crippen molar-refractivity contribution in [1.29, 1.82) is 0 Å². The van der Waals surface area contributed by atoms with E-state index < -0.39 is 0 Å². The maximum Gasteiger partial charge on any atom is 0.231 e. The summed E-state index contributed by atoms with van der Waals surface area (Å²) in [5.74, 6) is 2.62. The van der Waals surface area contributed by atoms with Crippen LogP contribution in [0.5, 0.6) is 34.5 Å². The summed E-state index contributed by atoms with van der Waals surface area (Å²) >= 11 is 0. The van der Waals surface area contributed by atoms with Crippen LogP contribution in [-0.2, 0) is 0 Å². The number of ether oxygens (including phenoxy) is 4. The zero-order chi connectivity index (χ0) is 17.6. The summed E-state index contributed by atoms with van der Waals surface area (Å²) in [4.78, 5) is 0. The van der Waals surface area contributed by atoms with Crippen molar-refractivity contribution in [2.24, 2.45) is 5.92 Å². The van der Waals surface area contributed by atoms with Crippen molar-refractivity contribution >= 4 is 0 Å². The number of phenolic OH excluding ortho intramolecular Hbond substituents is 2. The fourth-order valence-electron chi connectivity index (χ4n) is 3.35. The van der Waals surface area contributed by atoms with E-state index in [0.29, 0.717) is 40.0 Å². The van der Waals surface area contributed by atoms with E-state index in [1.54, 1.807) is 24.3 Å². The molecule has 0 unspecified atom stereocenters. The van der Waals surface area contributed by atoms with Gasteiger partial charge in [-0.25, -0.2) is 0 Å². The van der Waals surface area contributed by atoms with E-state index in [1.807, 2.05) is 0 Å². The van der Waals surface area contributed by atoms with Crippen LogP contribution < -0.4 is 18.9 Å². The minimum absolute atomic E-state index is 0.118. The highest BCUT2D eigenvalue weighted by atomic mass is 16.7. The summed E-state index contributed by atoms with van der Waals surface area (Å²) in [6.07, 6.45) is 0.737. The largest absolute Gasteiger partial charge is 0.508 e. The number of fused-ring (bicyclic) bond motifs is 2. The van der Waals surface area contributed by atoms with Crippen LogP contribution in [0.3, 0.4) is 0 Å². The van der Waals surface area contributed by atoms with Crippen LogP contribution in [0, 0.1) is 5.92 Å². The van der Waals surface area contributed by atoms with Gasteiger partial charge in [-0.15, -0.1) is 0 Å². The van der Waals surface area contributed by atoms with Crippen molar-refractivity contribution < 1.29 is 29.2 Å². The van der Waals surface area contributed by atoms with Crippen LogP contribution in [0.15, 0.2) is 24.3 Å². The van der Waals surface area contributed by atoms with Gasteiger partial charge in [0, 0.05) is 29.2 Å². The van der Waals surface area contributed by atoms with Crippen LogP contribution in [0.4, 0.5) is 0 Å². The molecular formula is C19H20O6. The molecule has 2 heterocycles. The summed E-state index contributed by atoms with van der Waals surface area (Å²) in [6.45, 7) is 4.48. The van der Waals surface area contributed by atoms with E-state index in [-0.39, 0.29) is 31.0 Å². The third-order valence-corrected chi connectivity index (χ3v) is 4.50. The van der Waals surface area contributed by atoms with Gasteiger partial charge < -0.3 is 29.2 Å². The average Bonchev–Trinajstić information content (AvgIpc) is 3.19. The molecule has 2 N–H and O–H groups in total. The second kappa shape index (κ2) is 5.95. The van der Waals surface area contributed by atoms with Gasteiger partial charge in [0.2, 0.25) is 13.6 Å². The zero-order valence-corrected chi connectivity index (χ0v) is 14.1. The lowest BCUT2D eigenvalue weighted by Crippen LogP contribution is -2.06. The first kappa shape index (κ1) is 15.7. The lowest BCUT2D eigenvalue weighted by Gasteiger charge is -2.22. The van der Waals surface area contributed by atoms with Crippen molar-refractivity contribution in [2.45, 2.75) is 26.2 Å². The van der Waals surface area contributed by atoms with Gasteiger partial charge in [0.05, 0.1) is 0 Å². The van der Waals surface area contributed by atoms with Gasteiger partial charge >= 0.3 is 0 Å². The highest BCUT2D eigenvalue weighted by Crippen LogP contribution is 2.48. The molecule has 0 aromatic heterocycles. The van der Waals surface area contributed by atoms with Crippen molar-refractivity contribution in [3.8, 4) is 34.5 Å². The summed E-state index contributed by atoms with van der Waals surface area (Å²) in [6, 6.07) is 6.70. The Hall–Kier alpha value is -2.76. The molecule has 132 valence electrons. The number of phenols is 2. The van der Waals surface area contributed by atoms with Crippen LogP contribution in [-0.4, -0.2) is 23.8 Å². The van der Waals surface area contributed by atoms with Crippen LogP contribution in [0.1, 0.15) is 37.3 Å². The maximum absolute atomic E-state index is 10.5. The number of hydrogen-bond donors (Lipinski definition) is 2. The zero-order valence-electron chi connectivity index (χ0n) is 14.1. The third kappa shape index (κ3) is 2.77. The van der Waals surface area contributed by atoms with Crippen LogP contribution in [0.2, 0.25) is 0 Å². The maximum atomic E-state index is 10.5. The molecule has 2 aliphatic heterocycles. The van der Waals surface area contributed by atoms with Crippen LogP contribution in [0.25, 0.3) is 0 Å². The average molecular weight is 344 g/mol. The molecule has 0 amide bonds. The first-order valence-electron chi connectivity index (χ1n) is 8.28. The summed E-state index contributed by atoms with van der Waals surface area (Å²) < 4.78 is 21.5. The first-order valence-corrected chi connectivity index (χ1v) is 8.28. The molecule has 4 rings (SSSR count). The van der Waals surface area contributed by atoms with Gasteiger partial charge in [-0.05, 0) is 24.5 Å². The van der Waals surface area contributed by atoms with E-state index >= 15 is 0 Å². The van der Waals surface area contributed by atoms with E-state index in [4.69, 9.17) is 18.9 Å². The molecule has 0 radical (unpaired) electrons. The minimum atomic E-state index is -0.219. The van der Waals surface area contributed by atoms with E-state index in [9.17, 15) is 10.2 Å². The topological polar surface area (TPSA) is 77.4 Å². The van der Waals surface area contributed by atoms with Gasteiger partial charge in [-0.3, -0.25) is 0 Å². The molecule has 0 saturated heterocycles. The second-order valence-corrected chi connectivity index (χ2v) is 6.71. The van der Waals surface area contributed by atoms with Crippen molar-refractivity contribution in [2.75, 3.05) is 13.6 Å². The number of aromatic hydroxyl groups is 2. The Kier molecular flexibility index (Phi) is 3.75. The Morgan fingerprint density at radius 1 is 0.760 bits per heavy atom. The van der Waals surface area contributed by atoms with Gasteiger partial charge in [0.25, 0.3) is 0 Å². The van der Waals surface area contributed by atoms with E-state index in [0.717, 1.165) is 6.42 Å². The molecular weight excluding hydrogens is 324 g/mol. The fraction of sp³-hybridized carbons (Fsp3) is 0.368. The molecule has 0 spiro atoms. The van der Waals surface area contributed by atoms with Crippen LogP contribution >= 0.6 is 0 Å². The monoisotopic (exact) mass is 344 g/mol. The molecule has 25 heavy (non-hydrogen) atoms. The van der Waals surface area contributed by atoms with Crippen molar-refractivity contribution in [3.05, 3.63) is 35.4 Å². The fourth-order valence-corrected chi connectivity index (χ4v) is 3.35. The van der Waals surface area contributed by atoms with Gasteiger partial charge in [0.15, 0.2) is 23.0 Å². The number of benzene rings is 2. The molecule has 0 bridgehead atoms. The summed E-state index contributed by atoms with van der Waals surface area (Å²) in [7, 11) is 0. The van der Waals surface area contributed by atoms with E-state index in [2.05, 4.69) is 13.8 Å². The molecule has 0 aliphatic carbocycles. The Balaban J connectivity index is 1.82. The van der Waals surface area contributed by atoms with Crippen molar-refractivity contribution in [3.63, 3.8) is 0 Å². The quantitative estimate of drug-likeness (QED) is 0.880. The standard InChI is InChI=1S/C19H20O6/c1-10(2)3-11(12-4-16-18(6-14(12)20)24-8-22-16)13-5-17-19(7-15(13)21)25-9-23-17/h4-7,10-11,20-21H,3,8-9H2,1-2H3. The van der Waals surface area contributed by atoms with Crippen molar-refractivity contribution in [1.82, 2.24) is 0 Å². The second-order valence-electron chi connectivity index (χ2n) is 6.71. The molecule has 0 saturated carbocycles. The molecule has 6 nitrogen and oxygen atoms in total. The molecule has 6 heteroatoms. The lowest BCUT2D eigenvalue weighted by atomic mass is 9.83. The molecule has 2 aromatic rings. The normalized spacial score (nSPS) is 14.6. The smallest absolute Gasteiger partial charge is 0.231 e. The SMILES string of the molecule is CC(C)CC(c1cc2c(cc1O)OCO2)c1cc2c(cc1O)OCO2. The van der Waals surface area contributed by atoms with Gasteiger partial charge in [-0.2, -0.15) is 0 Å². The van der Waals surface area contributed by atoms with Gasteiger partial charge in [-0.1, -0.05) is 13.8 Å². The predicted octanol–water partition coefficient (Wildman–Crippen LogP) is 3.73. The lowest BCUT2D eigenvalue weighted by molar-refractivity contribution is 0.173. The Morgan fingerprint density at radius 2 is 1.16 bits per heavy atom. The first-order chi connectivity index (χ1) is 12.0. The van der Waals surface area contributed by atoms with E-state index in [1.165, 1.54) is 0 Å². The highest BCUT2D eigenvalue weighted by Gasteiger charge is 2.28. The van der Waals surface area contributed by atoms with Gasteiger partial charge in [0.1, 0.15) is 11.5 Å². The Morgan fingerprint density at radius 3 is 1.56 bits per heavy atom. The Labute approximate surface area is 145 Å². The predicted molar refractivity (Wildman–Crippen MR) is 89.8 cm³/mol. The number of hydrogen-bond acceptors (Lipinski definition) is 6. The number of rotatable bonds is 4. The summed E-state index contributed by atoms with van der Waals surface area (Å²) in [5.41, 5.74) is 1.37. The molecule has 2 aromatic carbocycles. The summed E-state index contributed by atoms with van der Waals surface area (Å²) in [5, 5.41) is 21.1. The highest BCUT2D eigenvalue weighted by molar-refractivity contribution is 5.58.